The van der Waals surface area contributed by atoms with Crippen molar-refractivity contribution in [2.24, 2.45) is 11.3 Å². The van der Waals surface area contributed by atoms with E-state index in [0.717, 1.165) is 34.7 Å². The zero-order valence-electron chi connectivity index (χ0n) is 13.7. The molecule has 1 unspecified atom stereocenters. The molecule has 114 valence electrons. The fraction of sp³-hybridized carbons (Fsp3) is 0.812. The lowest BCUT2D eigenvalue weighted by Crippen LogP contribution is -2.25. The molecule has 1 fully saturated rings. The smallest absolute Gasteiger partial charge is 0.185 e. The SMILES string of the molecule is CC(C)(C)c1nc(N2CCC(C(C)(C)C)C2)sc1CO. The Hall–Kier alpha value is -0.610. The topological polar surface area (TPSA) is 36.4 Å². The molecule has 0 radical (unpaired) electrons. The van der Waals surface area contributed by atoms with Gasteiger partial charge in [-0.05, 0) is 17.8 Å². The lowest BCUT2D eigenvalue weighted by molar-refractivity contribution is 0.263. The number of thiazole rings is 1. The van der Waals surface area contributed by atoms with E-state index in [-0.39, 0.29) is 12.0 Å². The minimum absolute atomic E-state index is 0.00400. The fourth-order valence-corrected chi connectivity index (χ4v) is 3.97. The van der Waals surface area contributed by atoms with E-state index < -0.39 is 0 Å². The summed E-state index contributed by atoms with van der Waals surface area (Å²) in [6.07, 6.45) is 1.24. The maximum atomic E-state index is 9.57. The molecule has 1 aliphatic heterocycles. The average molecular weight is 296 g/mol. The molecule has 0 bridgehead atoms. The predicted molar refractivity (Wildman–Crippen MR) is 86.5 cm³/mol. The zero-order valence-corrected chi connectivity index (χ0v) is 14.5. The van der Waals surface area contributed by atoms with E-state index in [1.54, 1.807) is 11.3 Å². The second-order valence-electron chi connectivity index (χ2n) is 7.97. The van der Waals surface area contributed by atoms with E-state index in [0.29, 0.717) is 5.41 Å². The van der Waals surface area contributed by atoms with Gasteiger partial charge < -0.3 is 10.0 Å². The van der Waals surface area contributed by atoms with Crippen LogP contribution in [0.4, 0.5) is 5.13 Å². The van der Waals surface area contributed by atoms with Crippen LogP contribution in [0.15, 0.2) is 0 Å². The van der Waals surface area contributed by atoms with Crippen molar-refractivity contribution in [3.05, 3.63) is 10.6 Å². The van der Waals surface area contributed by atoms with Crippen molar-refractivity contribution >= 4 is 16.5 Å². The Bertz CT molecular complexity index is 468. The molecule has 2 heterocycles. The molecule has 1 atom stereocenters. The van der Waals surface area contributed by atoms with Gasteiger partial charge in [0.1, 0.15) is 0 Å². The molecule has 3 nitrogen and oxygen atoms in total. The Morgan fingerprint density at radius 2 is 1.90 bits per heavy atom. The highest BCUT2D eigenvalue weighted by atomic mass is 32.1. The van der Waals surface area contributed by atoms with Crippen molar-refractivity contribution in [2.75, 3.05) is 18.0 Å². The van der Waals surface area contributed by atoms with Gasteiger partial charge >= 0.3 is 0 Å². The molecule has 0 aliphatic carbocycles. The summed E-state index contributed by atoms with van der Waals surface area (Å²) in [5, 5.41) is 10.7. The molecule has 1 aromatic heterocycles. The highest BCUT2D eigenvalue weighted by molar-refractivity contribution is 7.15. The number of anilines is 1. The lowest BCUT2D eigenvalue weighted by atomic mass is 9.80. The summed E-state index contributed by atoms with van der Waals surface area (Å²) in [6, 6.07) is 0. The standard InChI is InChI=1S/C16H28N2OS/c1-15(2,3)11-7-8-18(9-11)14-17-13(16(4,5)6)12(10-19)20-14/h11,19H,7-10H2,1-6H3. The second-order valence-corrected chi connectivity index (χ2v) is 9.04. The van der Waals surface area contributed by atoms with Gasteiger partial charge in [-0.1, -0.05) is 52.9 Å². The monoisotopic (exact) mass is 296 g/mol. The molecule has 1 aromatic rings. The van der Waals surface area contributed by atoms with E-state index in [2.05, 4.69) is 46.4 Å². The summed E-state index contributed by atoms with van der Waals surface area (Å²) in [6.45, 7) is 15.7. The minimum Gasteiger partial charge on any atom is -0.391 e. The van der Waals surface area contributed by atoms with Gasteiger partial charge in [-0.25, -0.2) is 4.98 Å². The van der Waals surface area contributed by atoms with Crippen molar-refractivity contribution in [1.82, 2.24) is 4.98 Å². The minimum atomic E-state index is -0.00400. The first kappa shape index (κ1) is 15.8. The number of hydrogen-bond donors (Lipinski definition) is 1. The van der Waals surface area contributed by atoms with Crippen molar-refractivity contribution < 1.29 is 5.11 Å². The number of nitrogens with zero attached hydrogens (tertiary/aromatic N) is 2. The Morgan fingerprint density at radius 1 is 1.25 bits per heavy atom. The van der Waals surface area contributed by atoms with Gasteiger partial charge in [0.2, 0.25) is 0 Å². The van der Waals surface area contributed by atoms with Crippen LogP contribution in [0.5, 0.6) is 0 Å². The second kappa shape index (κ2) is 5.30. The average Bonchev–Trinajstić information content (AvgIpc) is 2.93. The zero-order chi connectivity index (χ0) is 15.1. The molecule has 1 saturated heterocycles. The number of aromatic nitrogens is 1. The molecular formula is C16H28N2OS. The quantitative estimate of drug-likeness (QED) is 0.901. The molecule has 0 spiro atoms. The van der Waals surface area contributed by atoms with E-state index in [9.17, 15) is 5.11 Å². The summed E-state index contributed by atoms with van der Waals surface area (Å²) in [7, 11) is 0. The van der Waals surface area contributed by atoms with Crippen molar-refractivity contribution in [2.45, 2.75) is 60.0 Å². The van der Waals surface area contributed by atoms with E-state index >= 15 is 0 Å². The summed E-state index contributed by atoms with van der Waals surface area (Å²) < 4.78 is 0. The third kappa shape index (κ3) is 3.17. The van der Waals surface area contributed by atoms with Gasteiger partial charge in [0.25, 0.3) is 0 Å². The first-order valence-corrected chi connectivity index (χ1v) is 8.30. The number of rotatable bonds is 2. The van der Waals surface area contributed by atoms with Crippen LogP contribution in [0.3, 0.4) is 0 Å². The van der Waals surface area contributed by atoms with E-state index in [4.69, 9.17) is 4.98 Å². The van der Waals surface area contributed by atoms with Gasteiger partial charge in [-0.15, -0.1) is 0 Å². The van der Waals surface area contributed by atoms with Crippen LogP contribution >= 0.6 is 11.3 Å². The van der Waals surface area contributed by atoms with Gasteiger partial charge in [0, 0.05) is 18.5 Å². The first-order chi connectivity index (χ1) is 9.13. The molecule has 0 saturated carbocycles. The number of aliphatic hydroxyl groups excluding tert-OH is 1. The molecule has 2 rings (SSSR count). The van der Waals surface area contributed by atoms with Gasteiger partial charge in [0.15, 0.2) is 5.13 Å². The molecule has 1 N–H and O–H groups in total. The summed E-state index contributed by atoms with van der Waals surface area (Å²) >= 11 is 1.66. The highest BCUT2D eigenvalue weighted by Crippen LogP contribution is 2.39. The summed E-state index contributed by atoms with van der Waals surface area (Å²) in [4.78, 5) is 8.25. The van der Waals surface area contributed by atoms with Crippen LogP contribution in [-0.2, 0) is 12.0 Å². The summed E-state index contributed by atoms with van der Waals surface area (Å²) in [5.74, 6) is 0.724. The van der Waals surface area contributed by atoms with E-state index in [1.807, 2.05) is 0 Å². The van der Waals surface area contributed by atoms with Crippen LogP contribution in [0.1, 0.15) is 58.5 Å². The van der Waals surface area contributed by atoms with Crippen LogP contribution in [0, 0.1) is 11.3 Å². The Morgan fingerprint density at radius 3 is 2.30 bits per heavy atom. The Kier molecular flexibility index (Phi) is 4.18. The normalized spacial score (nSPS) is 20.8. The molecule has 0 aromatic carbocycles. The van der Waals surface area contributed by atoms with Gasteiger partial charge in [0.05, 0.1) is 17.2 Å². The molecule has 4 heteroatoms. The molecule has 20 heavy (non-hydrogen) atoms. The largest absolute Gasteiger partial charge is 0.391 e. The summed E-state index contributed by atoms with van der Waals surface area (Å²) in [5.41, 5.74) is 1.41. The first-order valence-electron chi connectivity index (χ1n) is 7.49. The lowest BCUT2D eigenvalue weighted by Gasteiger charge is -2.26. The maximum Gasteiger partial charge on any atom is 0.185 e. The maximum absolute atomic E-state index is 9.57. The van der Waals surface area contributed by atoms with Crippen LogP contribution in [-0.4, -0.2) is 23.2 Å². The van der Waals surface area contributed by atoms with Gasteiger partial charge in [-0.3, -0.25) is 0 Å². The number of hydrogen-bond acceptors (Lipinski definition) is 4. The molecular weight excluding hydrogens is 268 g/mol. The van der Waals surface area contributed by atoms with Crippen molar-refractivity contribution in [3.63, 3.8) is 0 Å². The van der Waals surface area contributed by atoms with Crippen molar-refractivity contribution in [1.29, 1.82) is 0 Å². The Labute approximate surface area is 127 Å². The van der Waals surface area contributed by atoms with Crippen LogP contribution in [0.2, 0.25) is 0 Å². The third-order valence-corrected chi connectivity index (χ3v) is 5.32. The van der Waals surface area contributed by atoms with Crippen LogP contribution in [0.25, 0.3) is 0 Å². The highest BCUT2D eigenvalue weighted by Gasteiger charge is 2.34. The van der Waals surface area contributed by atoms with Crippen LogP contribution < -0.4 is 4.90 Å². The van der Waals surface area contributed by atoms with Crippen molar-refractivity contribution in [3.8, 4) is 0 Å². The number of aliphatic hydroxyl groups is 1. The fourth-order valence-electron chi connectivity index (χ4n) is 2.81. The molecule has 0 amide bonds. The molecule has 1 aliphatic rings. The van der Waals surface area contributed by atoms with Gasteiger partial charge in [-0.2, -0.15) is 0 Å². The Balaban J connectivity index is 2.21. The predicted octanol–water partition coefficient (Wildman–Crippen LogP) is 3.81. The van der Waals surface area contributed by atoms with E-state index in [1.165, 1.54) is 6.42 Å². The third-order valence-electron chi connectivity index (χ3n) is 4.22.